The first-order chi connectivity index (χ1) is 4.96. The molecule has 0 aromatic carbocycles. The van der Waals surface area contributed by atoms with Gasteiger partial charge in [0.25, 0.3) is 0 Å². The van der Waals surface area contributed by atoms with Gasteiger partial charge >= 0.3 is 23.1 Å². The molecule has 0 atom stereocenters. The number of rotatable bonds is 0. The minimum Gasteiger partial charge on any atom is -1.00 e. The fourth-order valence-corrected chi connectivity index (χ4v) is 1.87. The molecule has 3 heteroatoms. The molecule has 0 radical (unpaired) electrons. The molecular weight excluding hydrogens is 240 g/mol. The summed E-state index contributed by atoms with van der Waals surface area (Å²) >= 11 is 0. The largest absolute Gasteiger partial charge is 2.00 e. The molecule has 0 aromatic rings. The molecule has 0 amide bonds. The fraction of sp³-hybridized carbons (Fsp3) is 1.00. The first-order valence-corrected chi connectivity index (χ1v) is 4.66. The van der Waals surface area contributed by atoms with Crippen molar-refractivity contribution in [3.8, 4) is 0 Å². The molecule has 0 aliphatic heterocycles. The molecule has 1 saturated carbocycles. The van der Waals surface area contributed by atoms with Gasteiger partial charge in [0.1, 0.15) is 0 Å². The summed E-state index contributed by atoms with van der Waals surface area (Å²) in [7, 11) is 0. The van der Waals surface area contributed by atoms with Crippen molar-refractivity contribution >= 4 is 23.1 Å². The van der Waals surface area contributed by atoms with Crippen molar-refractivity contribution in [1.29, 1.82) is 0 Å². The van der Waals surface area contributed by atoms with E-state index in [0.717, 1.165) is 25.7 Å². The Kier molecular flexibility index (Phi) is 7.59. The maximum absolute atomic E-state index is 12.1. The van der Waals surface area contributed by atoms with Crippen molar-refractivity contribution < 1.29 is 22.1 Å². The molecule has 1 rings (SSSR count). The maximum atomic E-state index is 12.1. The van der Waals surface area contributed by atoms with Crippen molar-refractivity contribution in [2.75, 3.05) is 0 Å². The number of hydrogen-bond acceptors (Lipinski definition) is 1. The van der Waals surface area contributed by atoms with Gasteiger partial charge in [-0.2, -0.15) is 0 Å². The van der Waals surface area contributed by atoms with Crippen molar-refractivity contribution in [2.45, 2.75) is 58.5 Å². The van der Waals surface area contributed by atoms with Crippen LogP contribution < -0.4 is 22.1 Å². The van der Waals surface area contributed by atoms with Crippen LogP contribution in [-0.4, -0.2) is 28.7 Å². The van der Waals surface area contributed by atoms with E-state index in [-0.39, 0.29) is 45.4 Å². The standard InChI is InChI=1S/C10H19O.BrH.Mg/c1-9(2,3)10(11)7-5-4-6-8-10;;/h4-8H2,1-3H3;1H;/q-1;;+2/p-1. The van der Waals surface area contributed by atoms with Crippen LogP contribution in [0, 0.1) is 5.41 Å². The minimum atomic E-state index is -0.634. The first kappa shape index (κ1) is 16.6. The molecule has 1 aliphatic rings. The van der Waals surface area contributed by atoms with Crippen LogP contribution in [0.4, 0.5) is 0 Å². The fourth-order valence-electron chi connectivity index (χ4n) is 1.87. The van der Waals surface area contributed by atoms with Crippen LogP contribution in [0.1, 0.15) is 52.9 Å². The quantitative estimate of drug-likeness (QED) is 0.497. The zero-order valence-corrected chi connectivity index (χ0v) is 12.0. The molecule has 74 valence electrons. The van der Waals surface area contributed by atoms with Gasteiger partial charge in [0.05, 0.1) is 0 Å². The van der Waals surface area contributed by atoms with Gasteiger partial charge in [0, 0.05) is 0 Å². The summed E-state index contributed by atoms with van der Waals surface area (Å²) in [6.45, 7) is 6.22. The van der Waals surface area contributed by atoms with Crippen LogP contribution in [-0.2, 0) is 0 Å². The second-order valence-electron chi connectivity index (χ2n) is 4.80. The summed E-state index contributed by atoms with van der Waals surface area (Å²) in [5.41, 5.74) is -0.682. The Morgan fingerprint density at radius 3 is 1.62 bits per heavy atom. The van der Waals surface area contributed by atoms with Crippen LogP contribution in [0.15, 0.2) is 0 Å². The number of hydrogen-bond donors (Lipinski definition) is 0. The van der Waals surface area contributed by atoms with E-state index in [2.05, 4.69) is 20.8 Å². The van der Waals surface area contributed by atoms with Gasteiger partial charge in [-0.3, -0.25) is 0 Å². The smallest absolute Gasteiger partial charge is 1.00 e. The van der Waals surface area contributed by atoms with E-state index in [0.29, 0.717) is 0 Å². The van der Waals surface area contributed by atoms with Gasteiger partial charge in [-0.05, 0) is 5.41 Å². The molecular formula is C10H19BrMgO. The Hall–Kier alpha value is 1.21. The topological polar surface area (TPSA) is 23.1 Å². The van der Waals surface area contributed by atoms with Gasteiger partial charge in [-0.15, -0.1) is 5.60 Å². The predicted octanol–water partition coefficient (Wildman–Crippen LogP) is -1.28. The molecule has 0 bridgehead atoms. The average molecular weight is 259 g/mol. The Bertz CT molecular complexity index is 136. The van der Waals surface area contributed by atoms with Gasteiger partial charge in [0.15, 0.2) is 0 Å². The summed E-state index contributed by atoms with van der Waals surface area (Å²) in [6.07, 6.45) is 5.31. The minimum absolute atomic E-state index is 0. The van der Waals surface area contributed by atoms with Crippen LogP contribution in [0.3, 0.4) is 0 Å². The summed E-state index contributed by atoms with van der Waals surface area (Å²) in [5, 5.41) is 12.1. The van der Waals surface area contributed by atoms with E-state index in [1.54, 1.807) is 0 Å². The van der Waals surface area contributed by atoms with Crippen LogP contribution in [0.25, 0.3) is 0 Å². The molecule has 1 aliphatic carbocycles. The molecule has 1 fully saturated rings. The van der Waals surface area contributed by atoms with Crippen molar-refractivity contribution in [1.82, 2.24) is 0 Å². The third kappa shape index (κ3) is 4.06. The van der Waals surface area contributed by atoms with E-state index in [9.17, 15) is 5.11 Å². The zero-order chi connectivity index (χ0) is 8.54. The van der Waals surface area contributed by atoms with Crippen LogP contribution in [0.5, 0.6) is 0 Å². The molecule has 0 N–H and O–H groups in total. The second-order valence-corrected chi connectivity index (χ2v) is 4.80. The Morgan fingerprint density at radius 2 is 1.38 bits per heavy atom. The Morgan fingerprint density at radius 1 is 1.00 bits per heavy atom. The van der Waals surface area contributed by atoms with Crippen molar-refractivity contribution in [3.05, 3.63) is 0 Å². The second kappa shape index (κ2) is 5.94. The molecule has 0 saturated heterocycles. The van der Waals surface area contributed by atoms with Crippen LogP contribution >= 0.6 is 0 Å². The van der Waals surface area contributed by atoms with Crippen LogP contribution in [0.2, 0.25) is 0 Å². The molecule has 0 unspecified atom stereocenters. The summed E-state index contributed by atoms with van der Waals surface area (Å²) in [6, 6.07) is 0. The molecule has 1 nitrogen and oxygen atoms in total. The first-order valence-electron chi connectivity index (χ1n) is 4.66. The van der Waals surface area contributed by atoms with Crippen molar-refractivity contribution in [3.63, 3.8) is 0 Å². The van der Waals surface area contributed by atoms with E-state index in [1.165, 1.54) is 6.42 Å². The maximum Gasteiger partial charge on any atom is 2.00 e. The zero-order valence-electron chi connectivity index (χ0n) is 9.03. The molecule has 13 heavy (non-hydrogen) atoms. The van der Waals surface area contributed by atoms with Gasteiger partial charge < -0.3 is 22.1 Å². The van der Waals surface area contributed by atoms with E-state index in [1.807, 2.05) is 0 Å². The Balaban J connectivity index is 0. The Labute approximate surface area is 109 Å². The van der Waals surface area contributed by atoms with E-state index >= 15 is 0 Å². The predicted molar refractivity (Wildman–Crippen MR) is 51.0 cm³/mol. The van der Waals surface area contributed by atoms with Gasteiger partial charge in [0.2, 0.25) is 0 Å². The summed E-state index contributed by atoms with van der Waals surface area (Å²) in [5.74, 6) is 0. The molecule has 0 aromatic heterocycles. The number of halogens is 1. The monoisotopic (exact) mass is 258 g/mol. The van der Waals surface area contributed by atoms with Crippen molar-refractivity contribution in [2.24, 2.45) is 5.41 Å². The van der Waals surface area contributed by atoms with E-state index < -0.39 is 5.60 Å². The third-order valence-corrected chi connectivity index (χ3v) is 3.03. The summed E-state index contributed by atoms with van der Waals surface area (Å²) in [4.78, 5) is 0. The normalized spacial score (nSPS) is 21.2. The van der Waals surface area contributed by atoms with E-state index in [4.69, 9.17) is 0 Å². The van der Waals surface area contributed by atoms with Gasteiger partial charge in [-0.1, -0.05) is 52.9 Å². The molecule has 0 spiro atoms. The third-order valence-electron chi connectivity index (χ3n) is 3.03. The summed E-state index contributed by atoms with van der Waals surface area (Å²) < 4.78 is 0. The van der Waals surface area contributed by atoms with Gasteiger partial charge in [-0.25, -0.2) is 0 Å². The molecule has 0 heterocycles. The SMILES string of the molecule is CC(C)(C)C1([O-])CCCCC1.[Br-].[Mg+2]. The average Bonchev–Trinajstić information content (AvgIpc) is 1.87.